The van der Waals surface area contributed by atoms with Gasteiger partial charge >= 0.3 is 59.1 Å². The van der Waals surface area contributed by atoms with E-state index in [1.165, 1.54) is 57.8 Å². The van der Waals surface area contributed by atoms with Crippen molar-refractivity contribution < 1.29 is 89.2 Å². The molecule has 0 aromatic carbocycles. The molecule has 0 aromatic heterocycles. The van der Waals surface area contributed by atoms with E-state index in [1.54, 1.807) is 0 Å². The summed E-state index contributed by atoms with van der Waals surface area (Å²) < 4.78 is 65.0. The molecule has 0 saturated heterocycles. The van der Waals surface area contributed by atoms with Crippen LogP contribution in [-0.4, -0.2) is 38.3 Å². The third-order valence-corrected chi connectivity index (χ3v) is 5.72. The van der Waals surface area contributed by atoms with E-state index in [1.807, 2.05) is 0 Å². The predicted octanol–water partition coefficient (Wildman–Crippen LogP) is -0.716. The van der Waals surface area contributed by atoms with Gasteiger partial charge in [-0.25, -0.2) is 16.8 Å². The second kappa shape index (κ2) is 28.0. The zero-order valence-electron chi connectivity index (χ0n) is 20.4. The number of rotatable bonds is 19. The largest absolute Gasteiger partial charge is 1.00 e. The van der Waals surface area contributed by atoms with E-state index in [9.17, 15) is 25.9 Å². The van der Waals surface area contributed by atoms with Gasteiger partial charge in [0.25, 0.3) is 0 Å². The molecule has 0 aromatic rings. The van der Waals surface area contributed by atoms with Gasteiger partial charge < -0.3 is 9.11 Å². The molecule has 0 aliphatic carbocycles. The Morgan fingerprint density at radius 2 is 0.871 bits per heavy atom. The quantitative estimate of drug-likeness (QED) is 0.0985. The monoisotopic (exact) mass is 504 g/mol. The van der Waals surface area contributed by atoms with E-state index in [0.29, 0.717) is 12.8 Å². The summed E-state index contributed by atoms with van der Waals surface area (Å²) >= 11 is 0. The smallest absolute Gasteiger partial charge is 0.748 e. The van der Waals surface area contributed by atoms with E-state index in [2.05, 4.69) is 18.0 Å². The van der Waals surface area contributed by atoms with Crippen molar-refractivity contribution in [2.24, 2.45) is 0 Å². The minimum absolute atomic E-state index is 0. The molecule has 0 rings (SSSR count). The fourth-order valence-electron chi connectivity index (χ4n) is 2.81. The second-order valence-electron chi connectivity index (χ2n) is 7.44. The van der Waals surface area contributed by atoms with Crippen LogP contribution in [0.5, 0.6) is 0 Å². The molecule has 178 valence electrons. The van der Waals surface area contributed by atoms with Crippen molar-refractivity contribution in [3.63, 3.8) is 0 Å². The normalized spacial score (nSPS) is 11.1. The standard InChI is InChI=1S/C12H26O4S.C8H18O3S.2Na/c1-2-3-4-5-6-7-8-9-10-11-12-16-17(13,14)15;1-2-3-4-5-6-7-8-12(9,10)11;;/h2-12H2,1H3,(H,13,14,15);2-8H2,1H3,(H,9,10,11);;/q;;2*+1/p-2. The maximum absolute atomic E-state index is 10.2. The summed E-state index contributed by atoms with van der Waals surface area (Å²) in [6, 6.07) is 0. The first-order valence-corrected chi connectivity index (χ1v) is 14.1. The zero-order valence-corrected chi connectivity index (χ0v) is 26.0. The van der Waals surface area contributed by atoms with Crippen LogP contribution < -0.4 is 59.1 Å². The van der Waals surface area contributed by atoms with Gasteiger partial charge in [0.2, 0.25) is 10.4 Å². The van der Waals surface area contributed by atoms with Crippen molar-refractivity contribution >= 4 is 20.5 Å². The topological polar surface area (TPSA) is 124 Å². The van der Waals surface area contributed by atoms with Crippen LogP contribution in [0.2, 0.25) is 0 Å². The summed E-state index contributed by atoms with van der Waals surface area (Å²) in [5, 5.41) is 0. The summed E-state index contributed by atoms with van der Waals surface area (Å²) in [7, 11) is -8.45. The maximum Gasteiger partial charge on any atom is 1.00 e. The first kappa shape index (κ1) is 40.0. The first-order chi connectivity index (χ1) is 13.6. The van der Waals surface area contributed by atoms with Crippen molar-refractivity contribution in [2.45, 2.75) is 117 Å². The van der Waals surface area contributed by atoms with Crippen LogP contribution in [-0.2, 0) is 24.7 Å². The molecule has 0 saturated carbocycles. The van der Waals surface area contributed by atoms with Crippen molar-refractivity contribution in [1.82, 2.24) is 0 Å². The Morgan fingerprint density at radius 1 is 0.548 bits per heavy atom. The molecule has 0 bridgehead atoms. The van der Waals surface area contributed by atoms with Crippen LogP contribution >= 0.6 is 0 Å². The Bertz CT molecular complexity index is 542. The van der Waals surface area contributed by atoms with Gasteiger partial charge in [-0.05, 0) is 12.8 Å². The van der Waals surface area contributed by atoms with E-state index in [4.69, 9.17) is 0 Å². The van der Waals surface area contributed by atoms with Gasteiger partial charge in [-0.3, -0.25) is 4.18 Å². The Morgan fingerprint density at radius 3 is 1.19 bits per heavy atom. The second-order valence-corrected chi connectivity index (χ2v) is 10.0. The van der Waals surface area contributed by atoms with Gasteiger partial charge in [0.15, 0.2) is 0 Å². The molecular formula is C20H42Na2O7S2. The molecule has 0 unspecified atom stereocenters. The SMILES string of the molecule is CCCCCCCCCCCCOS(=O)(=O)[O-].CCCCCCCCS(=O)(=O)[O-].[Na+].[Na+]. The Kier molecular flexibility index (Phi) is 36.1. The summed E-state index contributed by atoms with van der Waals surface area (Å²) in [6.45, 7) is 4.37. The molecule has 0 N–H and O–H groups in total. The molecule has 0 spiro atoms. The molecular weight excluding hydrogens is 462 g/mol. The molecule has 11 heteroatoms. The molecule has 0 radical (unpaired) electrons. The van der Waals surface area contributed by atoms with Crippen LogP contribution in [0, 0.1) is 0 Å². The minimum Gasteiger partial charge on any atom is -0.748 e. The van der Waals surface area contributed by atoms with E-state index < -0.39 is 20.5 Å². The van der Waals surface area contributed by atoms with E-state index in [0.717, 1.165) is 32.1 Å². The predicted molar refractivity (Wildman–Crippen MR) is 115 cm³/mol. The van der Waals surface area contributed by atoms with Gasteiger partial charge in [-0.2, -0.15) is 0 Å². The van der Waals surface area contributed by atoms with E-state index >= 15 is 0 Å². The average molecular weight is 505 g/mol. The number of hydrogen-bond donors (Lipinski definition) is 0. The van der Waals surface area contributed by atoms with Gasteiger partial charge in [-0.1, -0.05) is 104 Å². The van der Waals surface area contributed by atoms with Crippen molar-refractivity contribution in [3.05, 3.63) is 0 Å². The number of unbranched alkanes of at least 4 members (excludes halogenated alkanes) is 14. The summed E-state index contributed by atoms with van der Waals surface area (Å²) in [5.74, 6) is -0.195. The van der Waals surface area contributed by atoms with Crippen LogP contribution in [0.3, 0.4) is 0 Å². The molecule has 0 heterocycles. The summed E-state index contributed by atoms with van der Waals surface area (Å²) in [6.07, 6.45) is 17.7. The van der Waals surface area contributed by atoms with Crippen LogP contribution in [0.25, 0.3) is 0 Å². The van der Waals surface area contributed by atoms with Gasteiger partial charge in [0, 0.05) is 5.75 Å². The Labute approximate surface area is 236 Å². The fraction of sp³-hybridized carbons (Fsp3) is 1.00. The van der Waals surface area contributed by atoms with Gasteiger partial charge in [-0.15, -0.1) is 0 Å². The van der Waals surface area contributed by atoms with E-state index in [-0.39, 0.29) is 71.5 Å². The van der Waals surface area contributed by atoms with Crippen LogP contribution in [0.4, 0.5) is 0 Å². The fourth-order valence-corrected chi connectivity index (χ4v) is 3.69. The molecule has 0 fully saturated rings. The molecule has 31 heavy (non-hydrogen) atoms. The average Bonchev–Trinajstić information content (AvgIpc) is 2.61. The first-order valence-electron chi connectivity index (χ1n) is 11.2. The summed E-state index contributed by atoms with van der Waals surface area (Å²) in [5.41, 5.74) is 0. The van der Waals surface area contributed by atoms with Crippen molar-refractivity contribution in [2.75, 3.05) is 12.4 Å². The Balaban J connectivity index is -0.000000232. The van der Waals surface area contributed by atoms with Gasteiger partial charge in [0.05, 0.1) is 16.7 Å². The molecule has 0 amide bonds. The molecule has 0 aliphatic rings. The molecule has 7 nitrogen and oxygen atoms in total. The third kappa shape index (κ3) is 45.9. The maximum atomic E-state index is 10.2. The number of hydrogen-bond acceptors (Lipinski definition) is 7. The zero-order chi connectivity index (χ0) is 22.4. The Hall–Kier alpha value is 1.78. The van der Waals surface area contributed by atoms with Crippen LogP contribution in [0.15, 0.2) is 0 Å². The van der Waals surface area contributed by atoms with Crippen LogP contribution in [0.1, 0.15) is 117 Å². The molecule has 0 atom stereocenters. The van der Waals surface area contributed by atoms with Crippen molar-refractivity contribution in [3.8, 4) is 0 Å². The molecule has 0 aliphatic heterocycles. The van der Waals surface area contributed by atoms with Crippen molar-refractivity contribution in [1.29, 1.82) is 0 Å². The third-order valence-electron chi connectivity index (χ3n) is 4.47. The van der Waals surface area contributed by atoms with Gasteiger partial charge in [0.1, 0.15) is 0 Å². The minimum atomic E-state index is -4.48. The summed E-state index contributed by atoms with van der Waals surface area (Å²) in [4.78, 5) is 0.